The highest BCUT2D eigenvalue weighted by atomic mass is 19.1. The predicted octanol–water partition coefficient (Wildman–Crippen LogP) is 2.40. The van der Waals surface area contributed by atoms with Crippen LogP contribution in [-0.4, -0.2) is 18.8 Å². The van der Waals surface area contributed by atoms with Crippen LogP contribution in [0, 0.1) is 11.2 Å². The topological polar surface area (TPSA) is 29.5 Å². The van der Waals surface area contributed by atoms with Gasteiger partial charge in [-0.1, -0.05) is 19.9 Å². The molecule has 15 heavy (non-hydrogen) atoms. The number of methoxy groups -OCH3 is 1. The highest BCUT2D eigenvalue weighted by Gasteiger charge is 2.17. The van der Waals surface area contributed by atoms with Gasteiger partial charge in [-0.15, -0.1) is 0 Å². The number of aliphatic hydroxyl groups is 1. The number of ether oxygens (including phenoxy) is 1. The molecule has 1 rings (SSSR count). The molecule has 0 bridgehead atoms. The lowest BCUT2D eigenvalue weighted by molar-refractivity contribution is 0.159. The van der Waals surface area contributed by atoms with Crippen molar-refractivity contribution in [3.63, 3.8) is 0 Å². The minimum Gasteiger partial charge on any atom is -0.494 e. The molecule has 1 aromatic carbocycles. The van der Waals surface area contributed by atoms with Crippen molar-refractivity contribution >= 4 is 0 Å². The predicted molar refractivity (Wildman–Crippen MR) is 57.5 cm³/mol. The van der Waals surface area contributed by atoms with Crippen molar-refractivity contribution < 1.29 is 14.2 Å². The van der Waals surface area contributed by atoms with Crippen molar-refractivity contribution in [2.45, 2.75) is 20.3 Å². The van der Waals surface area contributed by atoms with E-state index < -0.39 is 0 Å². The molecule has 0 aliphatic rings. The summed E-state index contributed by atoms with van der Waals surface area (Å²) >= 11 is 0. The fourth-order valence-electron chi connectivity index (χ4n) is 1.43. The third kappa shape index (κ3) is 3.20. The van der Waals surface area contributed by atoms with Crippen LogP contribution in [0.1, 0.15) is 19.4 Å². The van der Waals surface area contributed by atoms with Crippen molar-refractivity contribution in [3.8, 4) is 5.75 Å². The molecule has 0 radical (unpaired) electrons. The van der Waals surface area contributed by atoms with E-state index in [9.17, 15) is 4.39 Å². The van der Waals surface area contributed by atoms with Gasteiger partial charge in [0.2, 0.25) is 0 Å². The van der Waals surface area contributed by atoms with Gasteiger partial charge in [0.25, 0.3) is 0 Å². The number of halogens is 1. The molecule has 2 nitrogen and oxygen atoms in total. The Hall–Kier alpha value is -1.09. The van der Waals surface area contributed by atoms with Gasteiger partial charge in [-0.25, -0.2) is 4.39 Å². The zero-order valence-corrected chi connectivity index (χ0v) is 9.38. The molecule has 0 aliphatic carbocycles. The number of hydrogen-bond donors (Lipinski definition) is 1. The van der Waals surface area contributed by atoms with Crippen LogP contribution in [0.15, 0.2) is 18.2 Å². The summed E-state index contributed by atoms with van der Waals surface area (Å²) in [6.45, 7) is 3.96. The smallest absolute Gasteiger partial charge is 0.165 e. The SMILES string of the molecule is COc1ccc(CC(C)(C)CO)cc1F. The Morgan fingerprint density at radius 3 is 2.53 bits per heavy atom. The first-order valence-electron chi connectivity index (χ1n) is 4.92. The van der Waals surface area contributed by atoms with Crippen LogP contribution in [0.3, 0.4) is 0 Å². The summed E-state index contributed by atoms with van der Waals surface area (Å²) < 4.78 is 18.2. The standard InChI is InChI=1S/C12H17FO2/c1-12(2,8-14)7-9-4-5-11(15-3)10(13)6-9/h4-6,14H,7-8H2,1-3H3. The molecule has 3 heteroatoms. The average molecular weight is 212 g/mol. The summed E-state index contributed by atoms with van der Waals surface area (Å²) in [4.78, 5) is 0. The molecule has 0 aromatic heterocycles. The van der Waals surface area contributed by atoms with E-state index in [-0.39, 0.29) is 23.6 Å². The maximum absolute atomic E-state index is 13.3. The Kier molecular flexibility index (Phi) is 3.69. The summed E-state index contributed by atoms with van der Waals surface area (Å²) in [6, 6.07) is 4.88. The zero-order chi connectivity index (χ0) is 11.5. The van der Waals surface area contributed by atoms with E-state index in [0.717, 1.165) is 5.56 Å². The van der Waals surface area contributed by atoms with Crippen LogP contribution >= 0.6 is 0 Å². The maximum Gasteiger partial charge on any atom is 0.165 e. The molecule has 0 spiro atoms. The highest BCUT2D eigenvalue weighted by molar-refractivity contribution is 5.29. The van der Waals surface area contributed by atoms with Gasteiger partial charge in [-0.05, 0) is 29.5 Å². The highest BCUT2D eigenvalue weighted by Crippen LogP contribution is 2.24. The summed E-state index contributed by atoms with van der Waals surface area (Å²) in [5.41, 5.74) is 0.647. The average Bonchev–Trinajstić information content (AvgIpc) is 2.17. The number of hydrogen-bond acceptors (Lipinski definition) is 2. The second kappa shape index (κ2) is 4.62. The summed E-state index contributed by atoms with van der Waals surface area (Å²) in [5, 5.41) is 9.11. The second-order valence-corrected chi connectivity index (χ2v) is 4.47. The first-order valence-corrected chi connectivity index (χ1v) is 4.92. The van der Waals surface area contributed by atoms with E-state index in [4.69, 9.17) is 9.84 Å². The second-order valence-electron chi connectivity index (χ2n) is 4.47. The monoisotopic (exact) mass is 212 g/mol. The molecular formula is C12H17FO2. The molecular weight excluding hydrogens is 195 g/mol. The van der Waals surface area contributed by atoms with Crippen LogP contribution in [0.2, 0.25) is 0 Å². The van der Waals surface area contributed by atoms with Gasteiger partial charge in [0.05, 0.1) is 7.11 Å². The van der Waals surface area contributed by atoms with E-state index in [1.807, 2.05) is 19.9 Å². The summed E-state index contributed by atoms with van der Waals surface area (Å²) in [6.07, 6.45) is 0.643. The van der Waals surface area contributed by atoms with Gasteiger partial charge in [-0.3, -0.25) is 0 Å². The minimum absolute atomic E-state index is 0.0840. The number of benzene rings is 1. The van der Waals surface area contributed by atoms with E-state index >= 15 is 0 Å². The van der Waals surface area contributed by atoms with Gasteiger partial charge in [0.15, 0.2) is 11.6 Å². The molecule has 0 unspecified atom stereocenters. The molecule has 0 saturated heterocycles. The zero-order valence-electron chi connectivity index (χ0n) is 9.38. The Balaban J connectivity index is 2.84. The van der Waals surface area contributed by atoms with Crippen molar-refractivity contribution in [1.29, 1.82) is 0 Å². The van der Waals surface area contributed by atoms with E-state index in [1.165, 1.54) is 13.2 Å². The van der Waals surface area contributed by atoms with Gasteiger partial charge in [0, 0.05) is 6.61 Å². The first kappa shape index (κ1) is 12.0. The van der Waals surface area contributed by atoms with Crippen molar-refractivity contribution in [2.24, 2.45) is 5.41 Å². The molecule has 0 atom stereocenters. The van der Waals surface area contributed by atoms with Crippen molar-refractivity contribution in [1.82, 2.24) is 0 Å². The van der Waals surface area contributed by atoms with Crippen molar-refractivity contribution in [3.05, 3.63) is 29.6 Å². The molecule has 0 saturated carbocycles. The molecule has 0 fully saturated rings. The summed E-state index contributed by atoms with van der Waals surface area (Å²) in [7, 11) is 1.44. The number of rotatable bonds is 4. The summed E-state index contributed by atoms with van der Waals surface area (Å²) in [5.74, 6) is -0.107. The van der Waals surface area contributed by atoms with Gasteiger partial charge in [0.1, 0.15) is 0 Å². The van der Waals surface area contributed by atoms with Crippen LogP contribution in [-0.2, 0) is 6.42 Å². The fraction of sp³-hybridized carbons (Fsp3) is 0.500. The minimum atomic E-state index is -0.358. The molecule has 1 aromatic rings. The van der Waals surface area contributed by atoms with Gasteiger partial charge in [-0.2, -0.15) is 0 Å². The van der Waals surface area contributed by atoms with Gasteiger partial charge < -0.3 is 9.84 Å². The molecule has 0 aliphatic heterocycles. The third-order valence-corrected chi connectivity index (χ3v) is 2.33. The van der Waals surface area contributed by atoms with E-state index in [2.05, 4.69) is 0 Å². The lowest BCUT2D eigenvalue weighted by Crippen LogP contribution is -2.19. The van der Waals surface area contributed by atoms with E-state index in [0.29, 0.717) is 6.42 Å². The number of aliphatic hydroxyl groups excluding tert-OH is 1. The van der Waals surface area contributed by atoms with Crippen LogP contribution in [0.4, 0.5) is 4.39 Å². The van der Waals surface area contributed by atoms with Crippen molar-refractivity contribution in [2.75, 3.05) is 13.7 Å². The van der Waals surface area contributed by atoms with Crippen LogP contribution in [0.25, 0.3) is 0 Å². The van der Waals surface area contributed by atoms with Crippen LogP contribution in [0.5, 0.6) is 5.75 Å². The maximum atomic E-state index is 13.3. The largest absolute Gasteiger partial charge is 0.494 e. The third-order valence-electron chi connectivity index (χ3n) is 2.33. The lowest BCUT2D eigenvalue weighted by Gasteiger charge is -2.21. The Labute approximate surface area is 89.7 Å². The Morgan fingerprint density at radius 2 is 2.07 bits per heavy atom. The molecule has 0 heterocycles. The molecule has 0 amide bonds. The van der Waals surface area contributed by atoms with Crippen LogP contribution < -0.4 is 4.74 Å². The molecule has 1 N–H and O–H groups in total. The first-order chi connectivity index (χ1) is 6.98. The van der Waals surface area contributed by atoms with E-state index in [1.54, 1.807) is 6.07 Å². The van der Waals surface area contributed by atoms with Gasteiger partial charge >= 0.3 is 0 Å². The normalized spacial score (nSPS) is 11.5. The Bertz CT molecular complexity index is 334. The molecule has 84 valence electrons. The lowest BCUT2D eigenvalue weighted by atomic mass is 9.87. The fourth-order valence-corrected chi connectivity index (χ4v) is 1.43. The Morgan fingerprint density at radius 1 is 1.40 bits per heavy atom. The quantitative estimate of drug-likeness (QED) is 0.830.